The largest absolute Gasteiger partial charge is 0.370 e. The number of hydrogen-bond acceptors (Lipinski definition) is 5. The molecular formula is C13H25N5. The van der Waals surface area contributed by atoms with E-state index in [0.717, 1.165) is 31.1 Å². The lowest BCUT2D eigenvalue weighted by Gasteiger charge is -2.19. The minimum Gasteiger partial charge on any atom is -0.370 e. The molecule has 0 aromatic carbocycles. The van der Waals surface area contributed by atoms with Crippen LogP contribution in [0.3, 0.4) is 0 Å². The topological polar surface area (TPSA) is 67.1 Å². The molecule has 102 valence electrons. The summed E-state index contributed by atoms with van der Waals surface area (Å²) in [4.78, 5) is 10.5. The fourth-order valence-corrected chi connectivity index (χ4v) is 1.53. The van der Waals surface area contributed by atoms with Gasteiger partial charge in [-0.2, -0.15) is 0 Å². The van der Waals surface area contributed by atoms with Gasteiger partial charge in [0.25, 0.3) is 0 Å². The zero-order chi connectivity index (χ0) is 13.6. The number of rotatable bonds is 6. The summed E-state index contributed by atoms with van der Waals surface area (Å²) in [6.45, 7) is 9.02. The maximum absolute atomic E-state index is 5.53. The van der Waals surface area contributed by atoms with Gasteiger partial charge in [-0.1, -0.05) is 20.8 Å². The van der Waals surface area contributed by atoms with Crippen molar-refractivity contribution in [3.63, 3.8) is 0 Å². The third-order valence-electron chi connectivity index (χ3n) is 2.69. The van der Waals surface area contributed by atoms with E-state index in [1.165, 1.54) is 0 Å². The van der Waals surface area contributed by atoms with Crippen LogP contribution in [0.2, 0.25) is 0 Å². The number of hydrogen-bond donors (Lipinski definition) is 2. The van der Waals surface area contributed by atoms with Gasteiger partial charge >= 0.3 is 0 Å². The quantitative estimate of drug-likeness (QED) is 0.806. The van der Waals surface area contributed by atoms with Gasteiger partial charge in [-0.15, -0.1) is 0 Å². The normalized spacial score (nSPS) is 11.4. The Bertz CT molecular complexity index is 359. The molecule has 0 unspecified atom stereocenters. The van der Waals surface area contributed by atoms with E-state index in [2.05, 4.69) is 36.1 Å². The Morgan fingerprint density at radius 3 is 2.67 bits per heavy atom. The number of nitrogens with zero attached hydrogens (tertiary/aromatic N) is 3. The van der Waals surface area contributed by atoms with Crippen molar-refractivity contribution in [3.05, 3.63) is 12.4 Å². The van der Waals surface area contributed by atoms with Crippen LogP contribution in [0.4, 0.5) is 11.6 Å². The first-order valence-electron chi connectivity index (χ1n) is 6.39. The smallest absolute Gasteiger partial charge is 0.133 e. The molecule has 0 saturated heterocycles. The molecule has 5 heteroatoms. The van der Waals surface area contributed by atoms with Gasteiger partial charge in [0.2, 0.25) is 0 Å². The minimum absolute atomic E-state index is 0.333. The molecule has 0 aliphatic carbocycles. The number of nitrogens with two attached hydrogens (primary N) is 1. The Morgan fingerprint density at radius 1 is 1.33 bits per heavy atom. The average Bonchev–Trinajstić information content (AvgIpc) is 2.28. The first-order valence-corrected chi connectivity index (χ1v) is 6.39. The molecule has 0 aliphatic heterocycles. The van der Waals surface area contributed by atoms with Crippen molar-refractivity contribution < 1.29 is 0 Å². The van der Waals surface area contributed by atoms with Crippen LogP contribution < -0.4 is 16.0 Å². The van der Waals surface area contributed by atoms with E-state index in [-0.39, 0.29) is 0 Å². The molecule has 1 heterocycles. The maximum Gasteiger partial charge on any atom is 0.133 e. The van der Waals surface area contributed by atoms with Gasteiger partial charge in [0.05, 0.1) is 0 Å². The Kier molecular flexibility index (Phi) is 5.34. The van der Waals surface area contributed by atoms with Gasteiger partial charge in [0.1, 0.15) is 18.0 Å². The van der Waals surface area contributed by atoms with E-state index < -0.39 is 0 Å². The number of nitrogens with one attached hydrogen (secondary N) is 1. The molecule has 1 aromatic heterocycles. The predicted octanol–water partition coefficient (Wildman–Crippen LogP) is 1.72. The molecule has 0 bridgehead atoms. The lowest BCUT2D eigenvalue weighted by Crippen LogP contribution is -2.26. The van der Waals surface area contributed by atoms with Crippen molar-refractivity contribution in [2.45, 2.75) is 27.2 Å². The van der Waals surface area contributed by atoms with Gasteiger partial charge in [0, 0.05) is 32.7 Å². The van der Waals surface area contributed by atoms with Gasteiger partial charge < -0.3 is 16.0 Å². The van der Waals surface area contributed by atoms with E-state index in [1.807, 2.05) is 18.0 Å². The predicted molar refractivity (Wildman–Crippen MR) is 76.9 cm³/mol. The highest BCUT2D eigenvalue weighted by molar-refractivity contribution is 5.47. The van der Waals surface area contributed by atoms with Gasteiger partial charge in [0.15, 0.2) is 0 Å². The summed E-state index contributed by atoms with van der Waals surface area (Å²) >= 11 is 0. The fraction of sp³-hybridized carbons (Fsp3) is 0.692. The summed E-state index contributed by atoms with van der Waals surface area (Å²) in [5.74, 6) is 1.77. The van der Waals surface area contributed by atoms with Gasteiger partial charge in [-0.05, 0) is 11.8 Å². The number of likely N-dealkylation sites (N-methyl/N-ethyl adjacent to an activating group) is 1. The highest BCUT2D eigenvalue weighted by Gasteiger charge is 2.09. The van der Waals surface area contributed by atoms with Crippen LogP contribution in [0.15, 0.2) is 12.4 Å². The van der Waals surface area contributed by atoms with Crippen molar-refractivity contribution in [1.29, 1.82) is 0 Å². The Hall–Kier alpha value is -1.36. The number of anilines is 2. The van der Waals surface area contributed by atoms with Crippen LogP contribution in [0.1, 0.15) is 27.2 Å². The van der Waals surface area contributed by atoms with E-state index in [0.29, 0.717) is 12.0 Å². The molecule has 0 amide bonds. The highest BCUT2D eigenvalue weighted by Crippen LogP contribution is 2.18. The third-order valence-corrected chi connectivity index (χ3v) is 2.69. The summed E-state index contributed by atoms with van der Waals surface area (Å²) in [7, 11) is 1.98. The molecule has 0 aliphatic rings. The zero-order valence-corrected chi connectivity index (χ0v) is 11.9. The molecule has 0 saturated carbocycles. The molecule has 3 N–H and O–H groups in total. The summed E-state index contributed by atoms with van der Waals surface area (Å²) in [5.41, 5.74) is 5.86. The lowest BCUT2D eigenvalue weighted by atomic mass is 9.92. The highest BCUT2D eigenvalue weighted by atomic mass is 15.2. The maximum atomic E-state index is 5.53. The first-order chi connectivity index (χ1) is 8.42. The fourth-order valence-electron chi connectivity index (χ4n) is 1.53. The number of aromatic nitrogens is 2. The van der Waals surface area contributed by atoms with Crippen molar-refractivity contribution in [2.75, 3.05) is 36.9 Å². The standard InChI is InChI=1S/C13H25N5/c1-13(2,3)5-7-15-11-9-12(17-10-16-11)18(4)8-6-14/h9-10H,5-8,14H2,1-4H3,(H,15,16,17). The molecule has 1 aromatic rings. The summed E-state index contributed by atoms with van der Waals surface area (Å²) in [6, 6.07) is 1.96. The Morgan fingerprint density at radius 2 is 2.06 bits per heavy atom. The van der Waals surface area contributed by atoms with Crippen LogP contribution in [0.25, 0.3) is 0 Å². The molecule has 0 spiro atoms. The second-order valence-electron chi connectivity index (χ2n) is 5.71. The second-order valence-corrected chi connectivity index (χ2v) is 5.71. The monoisotopic (exact) mass is 251 g/mol. The van der Waals surface area contributed by atoms with Crippen LogP contribution >= 0.6 is 0 Å². The molecule has 1 rings (SSSR count). The summed E-state index contributed by atoms with van der Waals surface area (Å²) < 4.78 is 0. The van der Waals surface area contributed by atoms with Crippen LogP contribution in [0, 0.1) is 5.41 Å². The van der Waals surface area contributed by atoms with Crippen molar-refractivity contribution in [3.8, 4) is 0 Å². The summed E-state index contributed by atoms with van der Waals surface area (Å²) in [5, 5.41) is 3.33. The van der Waals surface area contributed by atoms with Gasteiger partial charge in [-0.25, -0.2) is 9.97 Å². The third kappa shape index (κ3) is 5.31. The van der Waals surface area contributed by atoms with Crippen molar-refractivity contribution >= 4 is 11.6 Å². The van der Waals surface area contributed by atoms with Crippen LogP contribution in [-0.2, 0) is 0 Å². The van der Waals surface area contributed by atoms with Gasteiger partial charge in [-0.3, -0.25) is 0 Å². The van der Waals surface area contributed by atoms with E-state index in [1.54, 1.807) is 6.33 Å². The van der Waals surface area contributed by atoms with E-state index in [4.69, 9.17) is 5.73 Å². The van der Waals surface area contributed by atoms with E-state index in [9.17, 15) is 0 Å². The first kappa shape index (κ1) is 14.7. The van der Waals surface area contributed by atoms with Crippen molar-refractivity contribution in [1.82, 2.24) is 9.97 Å². The molecule has 0 fully saturated rings. The van der Waals surface area contributed by atoms with Crippen molar-refractivity contribution in [2.24, 2.45) is 11.1 Å². The van der Waals surface area contributed by atoms with E-state index >= 15 is 0 Å². The lowest BCUT2D eigenvalue weighted by molar-refractivity contribution is 0.389. The molecular weight excluding hydrogens is 226 g/mol. The SMILES string of the molecule is CN(CCN)c1cc(NCCC(C)(C)C)ncn1. The Balaban J connectivity index is 2.54. The summed E-state index contributed by atoms with van der Waals surface area (Å²) in [6.07, 6.45) is 2.69. The average molecular weight is 251 g/mol. The molecule has 0 radical (unpaired) electrons. The zero-order valence-electron chi connectivity index (χ0n) is 11.9. The molecule has 0 atom stereocenters. The second kappa shape index (κ2) is 6.54. The van der Waals surface area contributed by atoms with Crippen LogP contribution in [-0.4, -0.2) is 36.6 Å². The molecule has 18 heavy (non-hydrogen) atoms. The van der Waals surface area contributed by atoms with Crippen LogP contribution in [0.5, 0.6) is 0 Å². The Labute approximate surface area is 110 Å². The minimum atomic E-state index is 0.333. The molecule has 5 nitrogen and oxygen atoms in total.